The molecule has 98 valence electrons. The van der Waals surface area contributed by atoms with Gasteiger partial charge in [-0.1, -0.05) is 29.8 Å². The second-order valence-corrected chi connectivity index (χ2v) is 4.43. The van der Waals surface area contributed by atoms with Gasteiger partial charge in [-0.3, -0.25) is 9.79 Å². The Morgan fingerprint density at radius 1 is 1.39 bits per heavy atom. The minimum atomic E-state index is -0.253. The van der Waals surface area contributed by atoms with Crippen molar-refractivity contribution < 1.29 is 9.53 Å². The monoisotopic (exact) mass is 248 g/mol. The molecule has 0 saturated heterocycles. The first-order valence-electron chi connectivity index (χ1n) is 5.86. The lowest BCUT2D eigenvalue weighted by Gasteiger charge is -2.13. The number of aliphatic imine (C=N–C) groups is 1. The molecule has 0 radical (unpaired) electrons. The Bertz CT molecular complexity index is 410. The summed E-state index contributed by atoms with van der Waals surface area (Å²) in [6, 6.07) is 7.84. The van der Waals surface area contributed by atoms with Gasteiger partial charge in [0.25, 0.3) is 0 Å². The number of benzene rings is 1. The van der Waals surface area contributed by atoms with Crippen molar-refractivity contribution in [3.8, 4) is 0 Å². The Labute approximate surface area is 108 Å². The molecule has 0 aliphatic rings. The number of methoxy groups -OCH3 is 1. The summed E-state index contributed by atoms with van der Waals surface area (Å²) in [5.74, 6) is -0.253. The summed E-state index contributed by atoms with van der Waals surface area (Å²) < 4.78 is 4.71. The molecule has 18 heavy (non-hydrogen) atoms. The first-order chi connectivity index (χ1) is 8.52. The molecule has 1 atom stereocenters. The van der Waals surface area contributed by atoms with E-state index in [0.717, 1.165) is 5.56 Å². The van der Waals surface area contributed by atoms with Crippen molar-refractivity contribution in [2.24, 2.45) is 4.99 Å². The van der Waals surface area contributed by atoms with Crippen molar-refractivity contribution in [3.05, 3.63) is 35.4 Å². The maximum Gasteiger partial charge on any atom is 0.308 e. The van der Waals surface area contributed by atoms with Crippen LogP contribution < -0.4 is 0 Å². The van der Waals surface area contributed by atoms with Crippen molar-refractivity contribution in [1.82, 2.24) is 4.90 Å². The molecule has 0 N–H and O–H groups in total. The number of ether oxygens (including phenoxy) is 1. The second-order valence-electron chi connectivity index (χ2n) is 4.43. The molecule has 0 amide bonds. The van der Waals surface area contributed by atoms with Crippen LogP contribution in [0.3, 0.4) is 0 Å². The van der Waals surface area contributed by atoms with E-state index in [1.54, 1.807) is 6.34 Å². The molecule has 1 aromatic carbocycles. The van der Waals surface area contributed by atoms with Gasteiger partial charge in [0.1, 0.15) is 0 Å². The van der Waals surface area contributed by atoms with Crippen LogP contribution in [0.5, 0.6) is 0 Å². The number of hydrogen-bond donors (Lipinski definition) is 0. The Balaban J connectivity index is 2.88. The van der Waals surface area contributed by atoms with E-state index in [1.165, 1.54) is 12.7 Å². The summed E-state index contributed by atoms with van der Waals surface area (Å²) in [7, 11) is 5.19. The molecule has 1 aromatic rings. The van der Waals surface area contributed by atoms with Crippen molar-refractivity contribution in [1.29, 1.82) is 0 Å². The van der Waals surface area contributed by atoms with Gasteiger partial charge in [0.2, 0.25) is 0 Å². The fourth-order valence-corrected chi connectivity index (χ4v) is 1.50. The van der Waals surface area contributed by atoms with Gasteiger partial charge < -0.3 is 9.64 Å². The van der Waals surface area contributed by atoms with Crippen LogP contribution in [0.25, 0.3) is 0 Å². The van der Waals surface area contributed by atoms with Crippen LogP contribution in [0.4, 0.5) is 0 Å². The Morgan fingerprint density at radius 2 is 2.00 bits per heavy atom. The van der Waals surface area contributed by atoms with Gasteiger partial charge >= 0.3 is 5.97 Å². The molecule has 1 rings (SSSR count). The molecular weight excluding hydrogens is 228 g/mol. The zero-order chi connectivity index (χ0) is 13.5. The molecule has 0 fully saturated rings. The highest BCUT2D eigenvalue weighted by Gasteiger charge is 2.14. The third-order valence-corrected chi connectivity index (χ3v) is 2.53. The van der Waals surface area contributed by atoms with Crippen molar-refractivity contribution in [2.45, 2.75) is 19.4 Å². The predicted octanol–water partition coefficient (Wildman–Crippen LogP) is 2.19. The minimum absolute atomic E-state index is 0.194. The molecule has 0 heterocycles. The number of esters is 1. The number of nitrogens with zero attached hydrogens (tertiary/aromatic N) is 2. The van der Waals surface area contributed by atoms with E-state index in [4.69, 9.17) is 4.74 Å². The van der Waals surface area contributed by atoms with Crippen LogP contribution in [0.2, 0.25) is 0 Å². The molecule has 0 aromatic heterocycles. The molecule has 0 saturated carbocycles. The Kier molecular flexibility index (Phi) is 5.36. The van der Waals surface area contributed by atoms with E-state index in [9.17, 15) is 4.79 Å². The molecule has 0 aliphatic carbocycles. The van der Waals surface area contributed by atoms with Gasteiger partial charge in [-0.05, 0) is 12.5 Å². The van der Waals surface area contributed by atoms with E-state index < -0.39 is 0 Å². The van der Waals surface area contributed by atoms with Crippen molar-refractivity contribution in [3.63, 3.8) is 0 Å². The van der Waals surface area contributed by atoms with E-state index in [0.29, 0.717) is 0 Å². The molecule has 0 aliphatic heterocycles. The van der Waals surface area contributed by atoms with Crippen LogP contribution in [0.1, 0.15) is 23.6 Å². The number of aryl methyl sites for hydroxylation is 1. The summed E-state index contributed by atoms with van der Waals surface area (Å²) >= 11 is 0. The van der Waals surface area contributed by atoms with Crippen LogP contribution in [0.15, 0.2) is 29.3 Å². The standard InChI is InChI=1S/C14H20N2O2/c1-11-5-7-12(8-6-11)13(9-14(17)18-4)15-10-16(2)3/h5-8,10,13H,9H2,1-4H3. The highest BCUT2D eigenvalue weighted by Crippen LogP contribution is 2.21. The fraction of sp³-hybridized carbons (Fsp3) is 0.429. The molecule has 1 unspecified atom stereocenters. The lowest BCUT2D eigenvalue weighted by molar-refractivity contribution is -0.141. The molecule has 0 spiro atoms. The molecule has 4 heteroatoms. The highest BCUT2D eigenvalue weighted by atomic mass is 16.5. The minimum Gasteiger partial charge on any atom is -0.469 e. The van der Waals surface area contributed by atoms with Crippen LogP contribution in [0, 0.1) is 6.92 Å². The van der Waals surface area contributed by atoms with E-state index in [1.807, 2.05) is 50.2 Å². The maximum absolute atomic E-state index is 11.4. The average molecular weight is 248 g/mol. The summed E-state index contributed by atoms with van der Waals surface area (Å²) in [4.78, 5) is 17.7. The first-order valence-corrected chi connectivity index (χ1v) is 5.86. The number of carbonyl (C=O) groups excluding carboxylic acids is 1. The largest absolute Gasteiger partial charge is 0.469 e. The average Bonchev–Trinajstić information content (AvgIpc) is 2.35. The highest BCUT2D eigenvalue weighted by molar-refractivity contribution is 5.70. The third-order valence-electron chi connectivity index (χ3n) is 2.53. The Morgan fingerprint density at radius 3 is 2.50 bits per heavy atom. The summed E-state index contributed by atoms with van der Waals surface area (Å²) in [5, 5.41) is 0. The molecular formula is C14H20N2O2. The topological polar surface area (TPSA) is 41.9 Å². The first kappa shape index (κ1) is 14.2. The summed E-state index contributed by atoms with van der Waals surface area (Å²) in [6.07, 6.45) is 1.97. The summed E-state index contributed by atoms with van der Waals surface area (Å²) in [5.41, 5.74) is 2.20. The van der Waals surface area contributed by atoms with Crippen LogP contribution in [-0.2, 0) is 9.53 Å². The van der Waals surface area contributed by atoms with Gasteiger partial charge in [0.15, 0.2) is 0 Å². The zero-order valence-corrected chi connectivity index (χ0v) is 11.4. The lowest BCUT2D eigenvalue weighted by atomic mass is 10.0. The van der Waals surface area contributed by atoms with Crippen LogP contribution >= 0.6 is 0 Å². The zero-order valence-electron chi connectivity index (χ0n) is 11.4. The number of rotatable bonds is 5. The van der Waals surface area contributed by atoms with Gasteiger partial charge in [0.05, 0.1) is 25.9 Å². The van der Waals surface area contributed by atoms with Crippen molar-refractivity contribution in [2.75, 3.05) is 21.2 Å². The van der Waals surface area contributed by atoms with E-state index in [2.05, 4.69) is 4.99 Å². The smallest absolute Gasteiger partial charge is 0.308 e. The lowest BCUT2D eigenvalue weighted by Crippen LogP contribution is -2.12. The number of hydrogen-bond acceptors (Lipinski definition) is 3. The van der Waals surface area contributed by atoms with E-state index in [-0.39, 0.29) is 18.4 Å². The number of carbonyl (C=O) groups is 1. The Hall–Kier alpha value is -1.84. The second kappa shape index (κ2) is 6.79. The van der Waals surface area contributed by atoms with Gasteiger partial charge in [-0.15, -0.1) is 0 Å². The normalized spacial score (nSPS) is 12.4. The summed E-state index contributed by atoms with van der Waals surface area (Å²) in [6.45, 7) is 2.03. The van der Waals surface area contributed by atoms with Gasteiger partial charge in [-0.25, -0.2) is 0 Å². The van der Waals surface area contributed by atoms with Crippen molar-refractivity contribution >= 4 is 12.3 Å². The van der Waals surface area contributed by atoms with E-state index >= 15 is 0 Å². The fourth-order valence-electron chi connectivity index (χ4n) is 1.50. The maximum atomic E-state index is 11.4. The SMILES string of the molecule is COC(=O)CC(N=CN(C)C)c1ccc(C)cc1. The quantitative estimate of drug-likeness (QED) is 0.455. The third kappa shape index (κ3) is 4.57. The predicted molar refractivity (Wildman–Crippen MR) is 72.7 cm³/mol. The van der Waals surface area contributed by atoms with Gasteiger partial charge in [-0.2, -0.15) is 0 Å². The van der Waals surface area contributed by atoms with Gasteiger partial charge in [0, 0.05) is 14.1 Å². The molecule has 4 nitrogen and oxygen atoms in total. The van der Waals surface area contributed by atoms with Crippen LogP contribution in [-0.4, -0.2) is 38.4 Å². The molecule has 0 bridgehead atoms.